The van der Waals surface area contributed by atoms with E-state index in [1.807, 2.05) is 37.3 Å². The van der Waals surface area contributed by atoms with Gasteiger partial charge >= 0.3 is 0 Å². The number of hydrogen-bond donors (Lipinski definition) is 1. The molecule has 3 heterocycles. The fraction of sp³-hybridized carbons (Fsp3) is 0.238. The van der Waals surface area contributed by atoms with E-state index in [0.717, 1.165) is 16.5 Å². The first kappa shape index (κ1) is 20.0. The molecular formula is C21H21N5O3S. The van der Waals surface area contributed by atoms with E-state index in [2.05, 4.69) is 20.4 Å². The van der Waals surface area contributed by atoms with E-state index < -0.39 is 0 Å². The Kier molecular flexibility index (Phi) is 5.73. The predicted molar refractivity (Wildman–Crippen MR) is 115 cm³/mol. The van der Waals surface area contributed by atoms with E-state index in [1.54, 1.807) is 31.2 Å². The molecule has 1 aromatic carbocycles. The Morgan fingerprint density at radius 1 is 1.17 bits per heavy atom. The van der Waals surface area contributed by atoms with Crippen LogP contribution in [0.1, 0.15) is 26.6 Å². The van der Waals surface area contributed by atoms with Gasteiger partial charge in [0.1, 0.15) is 17.3 Å². The van der Waals surface area contributed by atoms with Crippen LogP contribution in [0.15, 0.2) is 42.6 Å². The molecule has 0 aliphatic heterocycles. The van der Waals surface area contributed by atoms with Gasteiger partial charge in [0.25, 0.3) is 5.91 Å². The maximum atomic E-state index is 13.1. The van der Waals surface area contributed by atoms with Gasteiger partial charge in [-0.1, -0.05) is 30.3 Å². The van der Waals surface area contributed by atoms with Crippen molar-refractivity contribution in [2.75, 3.05) is 19.5 Å². The number of aryl methyl sites for hydroxylation is 1. The van der Waals surface area contributed by atoms with Gasteiger partial charge in [-0.2, -0.15) is 10.1 Å². The summed E-state index contributed by atoms with van der Waals surface area (Å²) in [4.78, 5) is 23.2. The van der Waals surface area contributed by atoms with Crippen molar-refractivity contribution < 1.29 is 14.3 Å². The van der Waals surface area contributed by atoms with Crippen LogP contribution in [0.2, 0.25) is 0 Å². The predicted octanol–water partition coefficient (Wildman–Crippen LogP) is 3.65. The number of carbonyl (C=O) groups is 1. The minimum absolute atomic E-state index is 0.222. The van der Waals surface area contributed by atoms with Crippen LogP contribution >= 0.6 is 11.3 Å². The lowest BCUT2D eigenvalue weighted by Gasteiger charge is -2.09. The van der Waals surface area contributed by atoms with Gasteiger partial charge in [0.15, 0.2) is 5.82 Å². The molecule has 0 atom stereocenters. The number of carbonyl (C=O) groups excluding carboxylic acids is 1. The van der Waals surface area contributed by atoms with Crippen molar-refractivity contribution >= 4 is 33.3 Å². The second-order valence-corrected chi connectivity index (χ2v) is 7.63. The van der Waals surface area contributed by atoms with Gasteiger partial charge in [0.2, 0.25) is 5.88 Å². The highest BCUT2D eigenvalue weighted by molar-refractivity contribution is 7.20. The van der Waals surface area contributed by atoms with Crippen molar-refractivity contribution in [2.24, 2.45) is 0 Å². The Bertz CT molecular complexity index is 1190. The van der Waals surface area contributed by atoms with Crippen LogP contribution in [-0.4, -0.2) is 39.9 Å². The molecule has 0 bridgehead atoms. The van der Waals surface area contributed by atoms with Crippen molar-refractivity contribution in [1.29, 1.82) is 0 Å². The van der Waals surface area contributed by atoms with Gasteiger partial charge in [-0.3, -0.25) is 4.79 Å². The topological polar surface area (TPSA) is 91.2 Å². The smallest absolute Gasteiger partial charge is 0.267 e. The molecule has 0 fully saturated rings. The molecule has 3 aromatic heterocycles. The lowest BCUT2D eigenvalue weighted by Crippen LogP contribution is -2.16. The van der Waals surface area contributed by atoms with E-state index >= 15 is 0 Å². The SMILES string of the molecule is COCc1nc(OC)c2c(C)c(C(=O)Nc3ccnn3Cc3ccccc3)sc2n1. The zero-order valence-corrected chi connectivity index (χ0v) is 17.7. The number of rotatable bonds is 7. The Morgan fingerprint density at radius 3 is 2.70 bits per heavy atom. The fourth-order valence-electron chi connectivity index (χ4n) is 3.20. The number of benzene rings is 1. The summed E-state index contributed by atoms with van der Waals surface area (Å²) < 4.78 is 12.3. The van der Waals surface area contributed by atoms with Crippen molar-refractivity contribution in [1.82, 2.24) is 19.7 Å². The summed E-state index contributed by atoms with van der Waals surface area (Å²) in [6.45, 7) is 2.70. The van der Waals surface area contributed by atoms with E-state index in [0.29, 0.717) is 33.8 Å². The molecule has 1 N–H and O–H groups in total. The maximum absolute atomic E-state index is 13.1. The summed E-state index contributed by atoms with van der Waals surface area (Å²) in [5, 5.41) is 8.04. The molecule has 0 radical (unpaired) electrons. The number of anilines is 1. The highest BCUT2D eigenvalue weighted by Crippen LogP contribution is 2.35. The number of methoxy groups -OCH3 is 2. The summed E-state index contributed by atoms with van der Waals surface area (Å²) in [6, 6.07) is 11.7. The quantitative estimate of drug-likeness (QED) is 0.488. The molecule has 0 aliphatic rings. The number of amides is 1. The Balaban J connectivity index is 1.63. The first-order valence-electron chi connectivity index (χ1n) is 9.30. The molecule has 4 rings (SSSR count). The molecule has 0 spiro atoms. The number of nitrogens with one attached hydrogen (secondary N) is 1. The van der Waals surface area contributed by atoms with Gasteiger partial charge in [-0.25, -0.2) is 9.67 Å². The van der Waals surface area contributed by atoms with Crippen LogP contribution in [0.25, 0.3) is 10.2 Å². The summed E-state index contributed by atoms with van der Waals surface area (Å²) in [6.07, 6.45) is 1.67. The summed E-state index contributed by atoms with van der Waals surface area (Å²) in [5.41, 5.74) is 1.88. The van der Waals surface area contributed by atoms with Crippen molar-refractivity contribution in [3.8, 4) is 5.88 Å². The second-order valence-electron chi connectivity index (χ2n) is 6.63. The molecule has 1 amide bonds. The summed E-state index contributed by atoms with van der Waals surface area (Å²) in [7, 11) is 3.13. The van der Waals surface area contributed by atoms with Crippen molar-refractivity contribution in [3.05, 3.63) is 64.4 Å². The standard InChI is InChI=1S/C21H21N5O3S/c1-13-17-20(29-3)23-15(12-28-2)24-21(17)30-18(13)19(27)25-16-9-10-22-26(16)11-14-7-5-4-6-8-14/h4-10H,11-12H2,1-3H3,(H,25,27). The van der Waals surface area contributed by atoms with E-state index in [-0.39, 0.29) is 12.5 Å². The first-order valence-corrected chi connectivity index (χ1v) is 10.1. The molecule has 154 valence electrons. The van der Waals surface area contributed by atoms with Crippen LogP contribution in [0.3, 0.4) is 0 Å². The van der Waals surface area contributed by atoms with Crippen LogP contribution < -0.4 is 10.1 Å². The summed E-state index contributed by atoms with van der Waals surface area (Å²) >= 11 is 1.30. The molecule has 9 heteroatoms. The van der Waals surface area contributed by atoms with Crippen LogP contribution in [-0.2, 0) is 17.9 Å². The van der Waals surface area contributed by atoms with Gasteiger partial charge in [0.05, 0.1) is 30.1 Å². The molecule has 4 aromatic rings. The third kappa shape index (κ3) is 3.89. The largest absolute Gasteiger partial charge is 0.480 e. The Morgan fingerprint density at radius 2 is 1.97 bits per heavy atom. The highest BCUT2D eigenvalue weighted by atomic mass is 32.1. The number of nitrogens with zero attached hydrogens (tertiary/aromatic N) is 4. The van der Waals surface area contributed by atoms with Crippen LogP contribution in [0, 0.1) is 6.92 Å². The molecular weight excluding hydrogens is 402 g/mol. The van der Waals surface area contributed by atoms with Gasteiger partial charge < -0.3 is 14.8 Å². The van der Waals surface area contributed by atoms with E-state index in [4.69, 9.17) is 9.47 Å². The molecule has 0 aliphatic carbocycles. The molecule has 30 heavy (non-hydrogen) atoms. The Hall–Kier alpha value is -3.30. The average molecular weight is 423 g/mol. The molecule has 0 saturated carbocycles. The van der Waals surface area contributed by atoms with Gasteiger partial charge in [0, 0.05) is 13.2 Å². The highest BCUT2D eigenvalue weighted by Gasteiger charge is 2.22. The number of aromatic nitrogens is 4. The first-order chi connectivity index (χ1) is 14.6. The van der Waals surface area contributed by atoms with Crippen LogP contribution in [0.5, 0.6) is 5.88 Å². The lowest BCUT2D eigenvalue weighted by atomic mass is 10.2. The molecule has 0 saturated heterocycles. The summed E-state index contributed by atoms with van der Waals surface area (Å²) in [5.74, 6) is 1.35. The zero-order chi connectivity index (χ0) is 21.1. The fourth-order valence-corrected chi connectivity index (χ4v) is 4.28. The van der Waals surface area contributed by atoms with Crippen molar-refractivity contribution in [3.63, 3.8) is 0 Å². The second kappa shape index (κ2) is 8.60. The van der Waals surface area contributed by atoms with E-state index in [1.165, 1.54) is 11.3 Å². The number of ether oxygens (including phenoxy) is 2. The third-order valence-electron chi connectivity index (χ3n) is 4.61. The normalized spacial score (nSPS) is 11.0. The molecule has 8 nitrogen and oxygen atoms in total. The van der Waals surface area contributed by atoms with E-state index in [9.17, 15) is 4.79 Å². The number of hydrogen-bond acceptors (Lipinski definition) is 7. The van der Waals surface area contributed by atoms with Crippen LogP contribution in [0.4, 0.5) is 5.82 Å². The minimum atomic E-state index is -0.222. The van der Waals surface area contributed by atoms with Gasteiger partial charge in [-0.15, -0.1) is 11.3 Å². The number of fused-ring (bicyclic) bond motifs is 1. The average Bonchev–Trinajstić information content (AvgIpc) is 3.32. The van der Waals surface area contributed by atoms with Gasteiger partial charge in [-0.05, 0) is 18.1 Å². The Labute approximate surface area is 177 Å². The third-order valence-corrected chi connectivity index (χ3v) is 5.79. The lowest BCUT2D eigenvalue weighted by molar-refractivity contribution is 0.102. The number of thiophene rings is 1. The zero-order valence-electron chi connectivity index (χ0n) is 16.9. The minimum Gasteiger partial charge on any atom is -0.480 e. The van der Waals surface area contributed by atoms with Crippen molar-refractivity contribution in [2.45, 2.75) is 20.1 Å². The monoisotopic (exact) mass is 423 g/mol. The molecule has 0 unspecified atom stereocenters. The maximum Gasteiger partial charge on any atom is 0.267 e.